The largest absolute Gasteiger partial charge is 0.481 e. The number of ketones is 1. The molecule has 0 aliphatic rings. The summed E-state index contributed by atoms with van der Waals surface area (Å²) >= 11 is 11.8. The topological polar surface area (TPSA) is 72.5 Å². The van der Waals surface area contributed by atoms with Crippen molar-refractivity contribution in [1.82, 2.24) is 0 Å². The average molecular weight is 388 g/mol. The third-order valence-electron chi connectivity index (χ3n) is 3.04. The van der Waals surface area contributed by atoms with Gasteiger partial charge in [0, 0.05) is 16.3 Å². The molecule has 0 aromatic heterocycles. The lowest BCUT2D eigenvalue weighted by molar-refractivity contribution is 0.0818. The first kappa shape index (κ1) is 18.6. The van der Waals surface area contributed by atoms with Crippen molar-refractivity contribution < 1.29 is 17.9 Å². The van der Waals surface area contributed by atoms with Gasteiger partial charge < -0.3 is 4.74 Å². The zero-order chi connectivity index (χ0) is 17.9. The first-order valence-corrected chi connectivity index (χ1v) is 9.54. The molecular weight excluding hydrogens is 373 g/mol. The molecule has 2 rings (SSSR count). The molecule has 0 spiro atoms. The number of hydrogen-bond donors (Lipinski definition) is 1. The monoisotopic (exact) mass is 387 g/mol. The SMILES string of the molecule is CC(Oc1ccc(Cl)cc1Cl)C(=O)c1ccc(NS(C)(=O)=O)cc1. The standard InChI is InChI=1S/C16H15Cl2NO4S/c1-10(23-15-8-5-12(17)9-14(15)18)16(20)11-3-6-13(7-4-11)19-24(2,21)22/h3-10,19H,1-2H3. The summed E-state index contributed by atoms with van der Waals surface area (Å²) in [5, 5.41) is 0.787. The van der Waals surface area contributed by atoms with E-state index in [4.69, 9.17) is 27.9 Å². The number of hydrogen-bond acceptors (Lipinski definition) is 4. The molecule has 0 amide bonds. The van der Waals surface area contributed by atoms with Crippen LogP contribution in [0.3, 0.4) is 0 Å². The number of halogens is 2. The number of Topliss-reactive ketones (excluding diaryl/α,β-unsaturated/α-hetero) is 1. The number of benzene rings is 2. The van der Waals surface area contributed by atoms with E-state index < -0.39 is 16.1 Å². The summed E-state index contributed by atoms with van der Waals surface area (Å²) in [5.74, 6) is 0.101. The summed E-state index contributed by atoms with van der Waals surface area (Å²) in [6.07, 6.45) is 0.287. The minimum Gasteiger partial charge on any atom is -0.481 e. The van der Waals surface area contributed by atoms with Gasteiger partial charge in [0.25, 0.3) is 0 Å². The zero-order valence-corrected chi connectivity index (χ0v) is 15.2. The van der Waals surface area contributed by atoms with Gasteiger partial charge in [-0.3, -0.25) is 9.52 Å². The van der Waals surface area contributed by atoms with Crippen LogP contribution in [0.1, 0.15) is 17.3 Å². The number of sulfonamides is 1. The summed E-state index contributed by atoms with van der Waals surface area (Å²) in [6.45, 7) is 1.61. The Morgan fingerprint density at radius 1 is 1.12 bits per heavy atom. The zero-order valence-electron chi connectivity index (χ0n) is 12.9. The number of anilines is 1. The smallest absolute Gasteiger partial charge is 0.229 e. The lowest BCUT2D eigenvalue weighted by Crippen LogP contribution is -2.24. The maximum Gasteiger partial charge on any atom is 0.229 e. The van der Waals surface area contributed by atoms with E-state index in [2.05, 4.69) is 4.72 Å². The van der Waals surface area contributed by atoms with E-state index in [1.807, 2.05) is 0 Å². The van der Waals surface area contributed by atoms with Crippen LogP contribution in [0.15, 0.2) is 42.5 Å². The second kappa shape index (κ2) is 7.42. The van der Waals surface area contributed by atoms with Crippen molar-refractivity contribution in [2.24, 2.45) is 0 Å². The molecule has 1 unspecified atom stereocenters. The fourth-order valence-corrected chi connectivity index (χ4v) is 2.98. The van der Waals surface area contributed by atoms with Crippen molar-refractivity contribution in [1.29, 1.82) is 0 Å². The van der Waals surface area contributed by atoms with Crippen molar-refractivity contribution in [3.8, 4) is 5.75 Å². The Morgan fingerprint density at radius 3 is 2.29 bits per heavy atom. The quantitative estimate of drug-likeness (QED) is 0.759. The van der Waals surface area contributed by atoms with E-state index in [0.29, 0.717) is 27.0 Å². The summed E-state index contributed by atoms with van der Waals surface area (Å²) in [7, 11) is -3.36. The van der Waals surface area contributed by atoms with Gasteiger partial charge in [-0.1, -0.05) is 23.2 Å². The summed E-state index contributed by atoms with van der Waals surface area (Å²) in [5.41, 5.74) is 0.773. The summed E-state index contributed by atoms with van der Waals surface area (Å²) in [6, 6.07) is 10.8. The molecule has 0 fully saturated rings. The number of nitrogens with one attached hydrogen (secondary N) is 1. The highest BCUT2D eigenvalue weighted by Gasteiger charge is 2.18. The molecule has 2 aromatic rings. The highest BCUT2D eigenvalue weighted by molar-refractivity contribution is 7.92. The van der Waals surface area contributed by atoms with E-state index in [-0.39, 0.29) is 5.78 Å². The third-order valence-corrected chi connectivity index (χ3v) is 4.18. The van der Waals surface area contributed by atoms with Gasteiger partial charge in [-0.2, -0.15) is 0 Å². The highest BCUT2D eigenvalue weighted by Crippen LogP contribution is 2.28. The van der Waals surface area contributed by atoms with Gasteiger partial charge >= 0.3 is 0 Å². The van der Waals surface area contributed by atoms with Gasteiger partial charge in [-0.25, -0.2) is 8.42 Å². The van der Waals surface area contributed by atoms with E-state index in [1.54, 1.807) is 19.1 Å². The Morgan fingerprint density at radius 2 is 1.75 bits per heavy atom. The maximum atomic E-state index is 12.4. The van der Waals surface area contributed by atoms with Crippen LogP contribution >= 0.6 is 23.2 Å². The molecule has 5 nitrogen and oxygen atoms in total. The van der Waals surface area contributed by atoms with Gasteiger partial charge in [0.15, 0.2) is 6.10 Å². The van der Waals surface area contributed by atoms with Crippen molar-refractivity contribution >= 4 is 44.7 Å². The van der Waals surface area contributed by atoms with Crippen LogP contribution < -0.4 is 9.46 Å². The normalized spacial score (nSPS) is 12.5. The molecule has 0 aliphatic heterocycles. The van der Waals surface area contributed by atoms with Crippen LogP contribution in [0.2, 0.25) is 10.0 Å². The molecule has 1 atom stereocenters. The van der Waals surface area contributed by atoms with Crippen molar-refractivity contribution in [2.45, 2.75) is 13.0 Å². The van der Waals surface area contributed by atoms with E-state index in [1.165, 1.54) is 30.3 Å². The second-order valence-corrected chi connectivity index (χ2v) is 7.74. The van der Waals surface area contributed by atoms with Crippen LogP contribution in [-0.4, -0.2) is 26.6 Å². The van der Waals surface area contributed by atoms with Crippen LogP contribution in [0, 0.1) is 0 Å². The van der Waals surface area contributed by atoms with Gasteiger partial charge in [0.1, 0.15) is 5.75 Å². The fraction of sp³-hybridized carbons (Fsp3) is 0.188. The second-order valence-electron chi connectivity index (χ2n) is 5.15. The van der Waals surface area contributed by atoms with Crippen LogP contribution in [0.5, 0.6) is 5.75 Å². The predicted molar refractivity (Wildman–Crippen MR) is 95.8 cm³/mol. The Balaban J connectivity index is 2.10. The van der Waals surface area contributed by atoms with Crippen molar-refractivity contribution in [3.05, 3.63) is 58.1 Å². The van der Waals surface area contributed by atoms with Crippen LogP contribution in [-0.2, 0) is 10.0 Å². The first-order chi connectivity index (χ1) is 11.2. The van der Waals surface area contributed by atoms with E-state index in [9.17, 15) is 13.2 Å². The molecule has 0 saturated heterocycles. The van der Waals surface area contributed by atoms with Gasteiger partial charge in [-0.15, -0.1) is 0 Å². The summed E-state index contributed by atoms with van der Waals surface area (Å²) < 4.78 is 30.2. The van der Waals surface area contributed by atoms with Crippen molar-refractivity contribution in [3.63, 3.8) is 0 Å². The average Bonchev–Trinajstić information content (AvgIpc) is 2.48. The number of carbonyl (C=O) groups excluding carboxylic acids is 1. The van der Waals surface area contributed by atoms with Crippen molar-refractivity contribution in [2.75, 3.05) is 11.0 Å². The van der Waals surface area contributed by atoms with Gasteiger partial charge in [0.2, 0.25) is 15.8 Å². The molecule has 2 aromatic carbocycles. The maximum absolute atomic E-state index is 12.4. The number of ether oxygens (including phenoxy) is 1. The minimum atomic E-state index is -3.36. The molecule has 0 radical (unpaired) electrons. The first-order valence-electron chi connectivity index (χ1n) is 6.89. The fourth-order valence-electron chi connectivity index (χ4n) is 1.97. The molecule has 0 saturated carbocycles. The molecule has 0 aliphatic carbocycles. The molecule has 8 heteroatoms. The molecule has 0 heterocycles. The Labute approximate surface area is 150 Å². The van der Waals surface area contributed by atoms with E-state index in [0.717, 1.165) is 6.26 Å². The molecule has 1 N–H and O–H groups in total. The van der Waals surface area contributed by atoms with Crippen LogP contribution in [0.25, 0.3) is 0 Å². The Hall–Kier alpha value is -1.76. The lowest BCUT2D eigenvalue weighted by Gasteiger charge is -2.15. The Bertz CT molecular complexity index is 851. The molecule has 24 heavy (non-hydrogen) atoms. The lowest BCUT2D eigenvalue weighted by atomic mass is 10.1. The van der Waals surface area contributed by atoms with Gasteiger partial charge in [-0.05, 0) is 49.4 Å². The van der Waals surface area contributed by atoms with E-state index >= 15 is 0 Å². The highest BCUT2D eigenvalue weighted by atomic mass is 35.5. The number of carbonyl (C=O) groups is 1. The Kier molecular flexibility index (Phi) is 5.74. The predicted octanol–water partition coefficient (Wildman–Crippen LogP) is 4.02. The minimum absolute atomic E-state index is 0.257. The third kappa shape index (κ3) is 5.12. The van der Waals surface area contributed by atoms with Gasteiger partial charge in [0.05, 0.1) is 11.3 Å². The molecular formula is C16H15Cl2NO4S. The number of rotatable bonds is 6. The summed E-state index contributed by atoms with van der Waals surface area (Å²) in [4.78, 5) is 12.4. The van der Waals surface area contributed by atoms with Crippen LogP contribution in [0.4, 0.5) is 5.69 Å². The molecule has 128 valence electrons. The molecule has 0 bridgehead atoms.